The zero-order chi connectivity index (χ0) is 21.8. The van der Waals surface area contributed by atoms with Crippen molar-refractivity contribution in [1.82, 2.24) is 19.8 Å². The highest BCUT2D eigenvalue weighted by atomic mass is 35.5. The first kappa shape index (κ1) is 23.9. The molecule has 0 saturated carbocycles. The molecule has 1 atom stereocenters. The number of amides is 3. The van der Waals surface area contributed by atoms with Gasteiger partial charge in [0.15, 0.2) is 0 Å². The molecule has 1 heterocycles. The smallest absolute Gasteiger partial charge is 0.321 e. The Bertz CT molecular complexity index is 855. The highest BCUT2D eigenvalue weighted by molar-refractivity contribution is 7.89. The van der Waals surface area contributed by atoms with E-state index in [0.717, 1.165) is 0 Å². The van der Waals surface area contributed by atoms with Crippen LogP contribution < -0.4 is 10.6 Å². The zero-order valence-electron chi connectivity index (χ0n) is 16.6. The Morgan fingerprint density at radius 1 is 1.10 bits per heavy atom. The summed E-state index contributed by atoms with van der Waals surface area (Å²) in [6, 6.07) is 3.38. The molecule has 1 aliphatic heterocycles. The number of piperazine rings is 1. The van der Waals surface area contributed by atoms with Gasteiger partial charge < -0.3 is 5.32 Å². The fraction of sp³-hybridized carbons (Fsp3) is 0.556. The number of sulfonamides is 1. The summed E-state index contributed by atoms with van der Waals surface area (Å²) in [7, 11) is -3.79. The van der Waals surface area contributed by atoms with Gasteiger partial charge in [-0.25, -0.2) is 13.2 Å². The fourth-order valence-corrected chi connectivity index (χ4v) is 5.03. The van der Waals surface area contributed by atoms with Crippen LogP contribution in [0.25, 0.3) is 0 Å². The molecule has 11 heteroatoms. The number of benzene rings is 1. The third-order valence-corrected chi connectivity index (χ3v) is 7.51. The Balaban J connectivity index is 1.95. The Hall–Kier alpha value is -1.39. The number of nitrogens with zero attached hydrogens (tertiary/aromatic N) is 2. The molecule has 1 unspecified atom stereocenters. The molecule has 0 aromatic heterocycles. The molecule has 2 rings (SSSR count). The summed E-state index contributed by atoms with van der Waals surface area (Å²) < 4.78 is 27.1. The summed E-state index contributed by atoms with van der Waals surface area (Å²) in [6.07, 6.45) is 0. The van der Waals surface area contributed by atoms with Gasteiger partial charge in [-0.2, -0.15) is 4.31 Å². The van der Waals surface area contributed by atoms with Gasteiger partial charge in [0.1, 0.15) is 4.90 Å². The normalized spacial score (nSPS) is 17.2. The summed E-state index contributed by atoms with van der Waals surface area (Å²) in [4.78, 5) is 25.9. The van der Waals surface area contributed by atoms with Crippen LogP contribution in [0, 0.1) is 5.92 Å². The summed E-state index contributed by atoms with van der Waals surface area (Å²) in [5, 5.41) is 5.11. The van der Waals surface area contributed by atoms with Crippen LogP contribution in [-0.4, -0.2) is 68.3 Å². The van der Waals surface area contributed by atoms with Crippen molar-refractivity contribution >= 4 is 45.2 Å². The average molecular weight is 465 g/mol. The molecule has 1 saturated heterocycles. The van der Waals surface area contributed by atoms with E-state index in [1.54, 1.807) is 6.92 Å². The number of nitrogens with one attached hydrogen (secondary N) is 2. The van der Waals surface area contributed by atoms with Crippen molar-refractivity contribution in [1.29, 1.82) is 0 Å². The van der Waals surface area contributed by atoms with Gasteiger partial charge in [-0.3, -0.25) is 15.0 Å². The number of halogens is 2. The molecule has 0 radical (unpaired) electrons. The molecular formula is C18H26Cl2N4O4S. The Labute approximate surface area is 181 Å². The van der Waals surface area contributed by atoms with Crippen LogP contribution in [0.5, 0.6) is 0 Å². The maximum Gasteiger partial charge on any atom is 0.321 e. The number of urea groups is 1. The van der Waals surface area contributed by atoms with E-state index in [1.807, 2.05) is 18.7 Å². The number of imide groups is 1. The summed E-state index contributed by atoms with van der Waals surface area (Å²) in [5.74, 6) is -0.156. The highest BCUT2D eigenvalue weighted by Crippen LogP contribution is 2.31. The lowest BCUT2D eigenvalue weighted by Crippen LogP contribution is -2.56. The number of carbonyl (C=O) groups is 2. The second-order valence-electron chi connectivity index (χ2n) is 7.26. The summed E-state index contributed by atoms with van der Waals surface area (Å²) in [5.41, 5.74) is 0. The van der Waals surface area contributed by atoms with E-state index in [-0.39, 0.29) is 33.9 Å². The van der Waals surface area contributed by atoms with Crippen LogP contribution in [0.2, 0.25) is 10.0 Å². The molecule has 162 valence electrons. The molecule has 1 aliphatic rings. The van der Waals surface area contributed by atoms with Crippen LogP contribution in [0.3, 0.4) is 0 Å². The van der Waals surface area contributed by atoms with E-state index in [4.69, 9.17) is 23.2 Å². The van der Waals surface area contributed by atoms with E-state index >= 15 is 0 Å². The van der Waals surface area contributed by atoms with Gasteiger partial charge in [0, 0.05) is 32.7 Å². The standard InChI is InChI=1S/C18H26Cl2N4O4S/c1-12(2)11-21-18(26)22-17(25)13(3)23-7-9-24(10-8-23)29(27,28)15-6-4-5-14(19)16(15)20/h4-6,12-13H,7-11H2,1-3H3,(H2,21,22,25,26). The molecule has 3 amide bonds. The second kappa shape index (κ2) is 10.1. The Morgan fingerprint density at radius 2 is 1.72 bits per heavy atom. The van der Waals surface area contributed by atoms with E-state index in [9.17, 15) is 18.0 Å². The number of hydrogen-bond donors (Lipinski definition) is 2. The predicted octanol–water partition coefficient (Wildman–Crippen LogP) is 2.17. The monoisotopic (exact) mass is 464 g/mol. The maximum atomic E-state index is 12.9. The lowest BCUT2D eigenvalue weighted by molar-refractivity contribution is -0.125. The minimum absolute atomic E-state index is 0.00301. The maximum absolute atomic E-state index is 12.9. The number of hydrogen-bond acceptors (Lipinski definition) is 5. The van der Waals surface area contributed by atoms with Crippen molar-refractivity contribution in [2.75, 3.05) is 32.7 Å². The summed E-state index contributed by atoms with van der Waals surface area (Å²) >= 11 is 12.0. The third-order valence-electron chi connectivity index (χ3n) is 4.64. The molecule has 2 N–H and O–H groups in total. The van der Waals surface area contributed by atoms with E-state index in [0.29, 0.717) is 19.6 Å². The molecule has 0 aliphatic carbocycles. The third kappa shape index (κ3) is 6.05. The molecule has 1 aromatic carbocycles. The second-order valence-corrected chi connectivity index (χ2v) is 9.95. The van der Waals surface area contributed by atoms with Crippen molar-refractivity contribution < 1.29 is 18.0 Å². The van der Waals surface area contributed by atoms with E-state index in [2.05, 4.69) is 10.6 Å². The van der Waals surface area contributed by atoms with Crippen molar-refractivity contribution in [3.05, 3.63) is 28.2 Å². The first-order valence-electron chi connectivity index (χ1n) is 9.31. The van der Waals surface area contributed by atoms with Gasteiger partial charge in [0.25, 0.3) is 0 Å². The van der Waals surface area contributed by atoms with Crippen LogP contribution in [0.15, 0.2) is 23.1 Å². The number of carbonyl (C=O) groups excluding carboxylic acids is 2. The van der Waals surface area contributed by atoms with Gasteiger partial charge in [0.2, 0.25) is 15.9 Å². The molecule has 1 fully saturated rings. The van der Waals surface area contributed by atoms with Crippen LogP contribution in [0.4, 0.5) is 4.79 Å². The zero-order valence-corrected chi connectivity index (χ0v) is 18.9. The minimum Gasteiger partial charge on any atom is -0.338 e. The first-order valence-corrected chi connectivity index (χ1v) is 11.5. The number of rotatable bonds is 6. The molecule has 8 nitrogen and oxygen atoms in total. The SMILES string of the molecule is CC(C)CNC(=O)NC(=O)C(C)N1CCN(S(=O)(=O)c2cccc(Cl)c2Cl)CC1. The van der Waals surface area contributed by atoms with Crippen LogP contribution >= 0.6 is 23.2 Å². The molecule has 1 aromatic rings. The minimum atomic E-state index is -3.79. The van der Waals surface area contributed by atoms with Gasteiger partial charge in [-0.05, 0) is 25.0 Å². The molecule has 0 bridgehead atoms. The largest absolute Gasteiger partial charge is 0.338 e. The highest BCUT2D eigenvalue weighted by Gasteiger charge is 2.33. The lowest BCUT2D eigenvalue weighted by atomic mass is 10.2. The van der Waals surface area contributed by atoms with E-state index in [1.165, 1.54) is 22.5 Å². The summed E-state index contributed by atoms with van der Waals surface area (Å²) in [6.45, 7) is 7.15. The topological polar surface area (TPSA) is 98.8 Å². The van der Waals surface area contributed by atoms with Gasteiger partial charge in [-0.15, -0.1) is 0 Å². The first-order chi connectivity index (χ1) is 13.5. The van der Waals surface area contributed by atoms with Crippen molar-refractivity contribution in [2.24, 2.45) is 5.92 Å². The average Bonchev–Trinajstić information content (AvgIpc) is 2.67. The van der Waals surface area contributed by atoms with Crippen molar-refractivity contribution in [2.45, 2.75) is 31.7 Å². The van der Waals surface area contributed by atoms with Crippen molar-refractivity contribution in [3.63, 3.8) is 0 Å². The predicted molar refractivity (Wildman–Crippen MR) is 113 cm³/mol. The van der Waals surface area contributed by atoms with Gasteiger partial charge >= 0.3 is 6.03 Å². The quantitative estimate of drug-likeness (QED) is 0.671. The fourth-order valence-electron chi connectivity index (χ4n) is 2.88. The van der Waals surface area contributed by atoms with E-state index < -0.39 is 28.0 Å². The Kier molecular flexibility index (Phi) is 8.30. The molecule has 0 spiro atoms. The van der Waals surface area contributed by atoms with Gasteiger partial charge in [-0.1, -0.05) is 43.1 Å². The van der Waals surface area contributed by atoms with Gasteiger partial charge in [0.05, 0.1) is 16.1 Å². The lowest BCUT2D eigenvalue weighted by Gasteiger charge is -2.36. The Morgan fingerprint density at radius 3 is 2.31 bits per heavy atom. The van der Waals surface area contributed by atoms with Crippen LogP contribution in [-0.2, 0) is 14.8 Å². The van der Waals surface area contributed by atoms with Crippen LogP contribution in [0.1, 0.15) is 20.8 Å². The molecular weight excluding hydrogens is 439 g/mol. The molecule has 29 heavy (non-hydrogen) atoms. The van der Waals surface area contributed by atoms with Crippen molar-refractivity contribution in [3.8, 4) is 0 Å².